The van der Waals surface area contributed by atoms with Crippen LogP contribution in [0.2, 0.25) is 0 Å². The van der Waals surface area contributed by atoms with Gasteiger partial charge in [-0.3, -0.25) is 10.1 Å². The van der Waals surface area contributed by atoms with Crippen LogP contribution in [-0.2, 0) is 19.0 Å². The molecule has 0 saturated heterocycles. The van der Waals surface area contributed by atoms with E-state index in [0.29, 0.717) is 23.4 Å². The second kappa shape index (κ2) is 7.80. The van der Waals surface area contributed by atoms with E-state index in [0.717, 1.165) is 33.0 Å². The molecule has 0 bridgehead atoms. The number of thiophene rings is 1. The molecule has 0 aliphatic heterocycles. The maximum Gasteiger partial charge on any atom is 0.416 e. The van der Waals surface area contributed by atoms with Crippen molar-refractivity contribution in [3.8, 4) is 11.3 Å². The molecule has 1 aliphatic carbocycles. The van der Waals surface area contributed by atoms with Crippen LogP contribution in [0.15, 0.2) is 39.3 Å². The number of anilines is 1. The number of benzene rings is 1. The highest BCUT2D eigenvalue weighted by Gasteiger charge is 2.32. The lowest BCUT2D eigenvalue weighted by Gasteiger charge is -2.13. The van der Waals surface area contributed by atoms with Crippen molar-refractivity contribution in [2.24, 2.45) is 0 Å². The van der Waals surface area contributed by atoms with Gasteiger partial charge >= 0.3 is 12.2 Å². The summed E-state index contributed by atoms with van der Waals surface area (Å²) in [6.07, 6.45) is 0.185. The zero-order valence-electron chi connectivity index (χ0n) is 15.4. The number of nitrogens with one attached hydrogen (secondary N) is 2. The van der Waals surface area contributed by atoms with Gasteiger partial charge in [0.1, 0.15) is 12.0 Å². The Labute approximate surface area is 176 Å². The van der Waals surface area contributed by atoms with Gasteiger partial charge in [0.15, 0.2) is 0 Å². The Bertz CT molecular complexity index is 1140. The van der Waals surface area contributed by atoms with Crippen molar-refractivity contribution in [2.45, 2.75) is 23.2 Å². The number of thioether (sulfide) groups is 1. The van der Waals surface area contributed by atoms with Gasteiger partial charge in [-0.2, -0.15) is 13.2 Å². The molecule has 0 fully saturated rings. The molecule has 2 heterocycles. The van der Waals surface area contributed by atoms with Crippen molar-refractivity contribution in [1.82, 2.24) is 10.5 Å². The lowest BCUT2D eigenvalue weighted by Crippen LogP contribution is -2.34. The Balaban J connectivity index is 1.54. The lowest BCUT2D eigenvalue weighted by atomic mass is 9.92. The van der Waals surface area contributed by atoms with Crippen LogP contribution in [0.4, 0.5) is 23.7 Å². The number of fused-ring (bicyclic) bond motifs is 3. The summed E-state index contributed by atoms with van der Waals surface area (Å²) in [5.74, 6) is -0.618. The summed E-state index contributed by atoms with van der Waals surface area (Å²) >= 11 is 2.71. The lowest BCUT2D eigenvalue weighted by molar-refractivity contribution is -0.137. The summed E-state index contributed by atoms with van der Waals surface area (Å²) in [5.41, 5.74) is 2.32. The van der Waals surface area contributed by atoms with E-state index in [-0.39, 0.29) is 5.69 Å². The van der Waals surface area contributed by atoms with Gasteiger partial charge in [0.2, 0.25) is 0 Å². The standard InChI is InChI=1S/C19H14F3N3O3S2/c1-29-17-13-12(6-5-9-8-28-25-14(9)13)15(30-17)16(26)24-18(27)23-11-4-2-3-10(7-11)19(20,21)22/h2-4,7-8H,5-6H2,1H3,(H2,23,24,26,27). The third-order valence-electron chi connectivity index (χ3n) is 4.57. The van der Waals surface area contributed by atoms with Crippen LogP contribution < -0.4 is 10.6 Å². The van der Waals surface area contributed by atoms with Crippen molar-refractivity contribution in [1.29, 1.82) is 0 Å². The third kappa shape index (κ3) is 3.82. The van der Waals surface area contributed by atoms with Crippen molar-refractivity contribution in [2.75, 3.05) is 11.6 Å². The molecule has 4 rings (SSSR count). The van der Waals surface area contributed by atoms with E-state index in [1.54, 1.807) is 6.26 Å². The molecule has 11 heteroatoms. The minimum Gasteiger partial charge on any atom is -0.364 e. The van der Waals surface area contributed by atoms with Gasteiger partial charge in [-0.15, -0.1) is 23.1 Å². The van der Waals surface area contributed by atoms with E-state index >= 15 is 0 Å². The fourth-order valence-electron chi connectivity index (χ4n) is 3.24. The largest absolute Gasteiger partial charge is 0.416 e. The number of hydrogen-bond acceptors (Lipinski definition) is 6. The quantitative estimate of drug-likeness (QED) is 0.533. The molecule has 0 radical (unpaired) electrons. The van der Waals surface area contributed by atoms with Crippen LogP contribution >= 0.6 is 23.1 Å². The molecule has 0 atom stereocenters. The first-order valence-electron chi connectivity index (χ1n) is 8.70. The van der Waals surface area contributed by atoms with Crippen molar-refractivity contribution >= 4 is 40.7 Å². The second-order valence-corrected chi connectivity index (χ2v) is 8.55. The summed E-state index contributed by atoms with van der Waals surface area (Å²) in [6.45, 7) is 0. The molecule has 30 heavy (non-hydrogen) atoms. The molecular formula is C19H14F3N3O3S2. The molecule has 6 nitrogen and oxygen atoms in total. The van der Waals surface area contributed by atoms with E-state index in [1.165, 1.54) is 35.2 Å². The number of urea groups is 1. The van der Waals surface area contributed by atoms with Crippen LogP contribution in [0.1, 0.15) is 26.4 Å². The van der Waals surface area contributed by atoms with Gasteiger partial charge in [-0.05, 0) is 42.9 Å². The van der Waals surface area contributed by atoms with Gasteiger partial charge < -0.3 is 9.84 Å². The summed E-state index contributed by atoms with van der Waals surface area (Å²) in [7, 11) is 0. The Morgan fingerprint density at radius 1 is 1.27 bits per heavy atom. The summed E-state index contributed by atoms with van der Waals surface area (Å²) in [6, 6.07) is 3.27. The molecule has 0 spiro atoms. The summed E-state index contributed by atoms with van der Waals surface area (Å²) in [4.78, 5) is 25.3. The number of hydrogen-bond donors (Lipinski definition) is 2. The van der Waals surface area contributed by atoms with Crippen LogP contribution in [0.25, 0.3) is 11.3 Å². The maximum atomic E-state index is 12.8. The van der Waals surface area contributed by atoms with Gasteiger partial charge in [0.05, 0.1) is 14.6 Å². The monoisotopic (exact) mass is 453 g/mol. The van der Waals surface area contributed by atoms with Crippen molar-refractivity contribution < 1.29 is 27.3 Å². The molecule has 156 valence electrons. The molecule has 0 saturated carbocycles. The minimum atomic E-state index is -4.53. The van der Waals surface area contributed by atoms with Crippen LogP contribution in [0, 0.1) is 0 Å². The Morgan fingerprint density at radius 3 is 2.80 bits per heavy atom. The molecule has 3 aromatic rings. The average Bonchev–Trinajstić information content (AvgIpc) is 3.31. The predicted octanol–water partition coefficient (Wildman–Crippen LogP) is 5.20. The smallest absolute Gasteiger partial charge is 0.364 e. The number of carbonyl (C=O) groups excluding carboxylic acids is 2. The van der Waals surface area contributed by atoms with E-state index in [2.05, 4.69) is 15.8 Å². The molecule has 1 aromatic carbocycles. The molecule has 3 amide bonds. The summed E-state index contributed by atoms with van der Waals surface area (Å²) < 4.78 is 44.4. The first-order chi connectivity index (χ1) is 14.3. The number of aryl methyl sites for hydroxylation is 1. The van der Waals surface area contributed by atoms with E-state index in [4.69, 9.17) is 4.52 Å². The SMILES string of the molecule is CSc1sc(C(=O)NC(=O)Nc2cccc(C(F)(F)F)c2)c2c1-c1nocc1CC2. The van der Waals surface area contributed by atoms with Crippen LogP contribution in [0.3, 0.4) is 0 Å². The Kier molecular flexibility index (Phi) is 5.33. The maximum absolute atomic E-state index is 12.8. The third-order valence-corrected chi connectivity index (χ3v) is 6.92. The highest BCUT2D eigenvalue weighted by molar-refractivity contribution is 8.00. The molecule has 2 N–H and O–H groups in total. The van der Waals surface area contributed by atoms with Crippen molar-refractivity contribution in [3.63, 3.8) is 0 Å². The number of amides is 3. The fraction of sp³-hybridized carbons (Fsp3) is 0.211. The number of halogens is 3. The first-order valence-corrected chi connectivity index (χ1v) is 10.7. The molecule has 1 aliphatic rings. The minimum absolute atomic E-state index is 0.0691. The first kappa shape index (κ1) is 20.5. The predicted molar refractivity (Wildman–Crippen MR) is 107 cm³/mol. The second-order valence-electron chi connectivity index (χ2n) is 6.45. The zero-order valence-corrected chi connectivity index (χ0v) is 17.1. The van der Waals surface area contributed by atoms with E-state index < -0.39 is 23.7 Å². The Hall–Kier alpha value is -2.79. The van der Waals surface area contributed by atoms with Crippen molar-refractivity contribution in [3.05, 3.63) is 52.1 Å². The number of imide groups is 1. The average molecular weight is 453 g/mol. The highest BCUT2D eigenvalue weighted by atomic mass is 32.2. The number of aromatic nitrogens is 1. The topological polar surface area (TPSA) is 84.2 Å². The molecular weight excluding hydrogens is 439 g/mol. The number of nitrogens with zero attached hydrogens (tertiary/aromatic N) is 1. The Morgan fingerprint density at radius 2 is 2.07 bits per heavy atom. The summed E-state index contributed by atoms with van der Waals surface area (Å²) in [5, 5.41) is 8.50. The molecule has 2 aromatic heterocycles. The number of rotatable bonds is 3. The van der Waals surface area contributed by atoms with E-state index in [1.807, 2.05) is 6.26 Å². The van der Waals surface area contributed by atoms with Gasteiger partial charge in [0, 0.05) is 16.8 Å². The zero-order chi connectivity index (χ0) is 21.5. The van der Waals surface area contributed by atoms with Crippen LogP contribution in [0.5, 0.6) is 0 Å². The normalized spacial score (nSPS) is 12.8. The highest BCUT2D eigenvalue weighted by Crippen LogP contribution is 2.45. The van der Waals surface area contributed by atoms with Gasteiger partial charge in [-0.1, -0.05) is 11.2 Å². The number of alkyl halides is 3. The molecule has 0 unspecified atom stereocenters. The van der Waals surface area contributed by atoms with E-state index in [9.17, 15) is 22.8 Å². The van der Waals surface area contributed by atoms with Crippen LogP contribution in [-0.4, -0.2) is 23.4 Å². The van der Waals surface area contributed by atoms with Gasteiger partial charge in [-0.25, -0.2) is 4.79 Å². The fourth-order valence-corrected chi connectivity index (χ4v) is 5.23. The number of carbonyl (C=O) groups is 2. The van der Waals surface area contributed by atoms with Gasteiger partial charge in [0.25, 0.3) is 5.91 Å².